The van der Waals surface area contributed by atoms with Gasteiger partial charge in [0.05, 0.1) is 6.10 Å². The summed E-state index contributed by atoms with van der Waals surface area (Å²) in [6, 6.07) is 12.9. The van der Waals surface area contributed by atoms with Crippen molar-refractivity contribution >= 4 is 21.6 Å². The van der Waals surface area contributed by atoms with Gasteiger partial charge in [0.1, 0.15) is 11.9 Å². The molecule has 106 valence electrons. The molecule has 0 amide bonds. The summed E-state index contributed by atoms with van der Waals surface area (Å²) in [6.45, 7) is 3.95. The van der Waals surface area contributed by atoms with Crippen molar-refractivity contribution in [2.45, 2.75) is 26.1 Å². The summed E-state index contributed by atoms with van der Waals surface area (Å²) in [4.78, 5) is 0. The summed E-state index contributed by atoms with van der Waals surface area (Å²) in [7, 11) is 0. The van der Waals surface area contributed by atoms with Crippen LogP contribution < -0.4 is 10.5 Å². The predicted octanol–water partition coefficient (Wildman–Crippen LogP) is 3.90. The molecule has 0 radical (unpaired) electrons. The quantitative estimate of drug-likeness (QED) is 0.833. The van der Waals surface area contributed by atoms with Crippen molar-refractivity contribution in [3.63, 3.8) is 0 Å². The van der Waals surface area contributed by atoms with Gasteiger partial charge in [0.2, 0.25) is 0 Å². The van der Waals surface area contributed by atoms with Crippen LogP contribution in [-0.2, 0) is 0 Å². The number of benzene rings is 2. The zero-order valence-electron chi connectivity index (χ0n) is 11.5. The number of aliphatic hydroxyl groups excluding tert-OH is 1. The number of hydrogen-bond acceptors (Lipinski definition) is 3. The molecule has 0 saturated carbocycles. The molecule has 0 heterocycles. The number of nitrogens with two attached hydrogens (primary N) is 1. The fourth-order valence-electron chi connectivity index (χ4n) is 1.96. The first-order valence-corrected chi connectivity index (χ1v) is 7.26. The lowest BCUT2D eigenvalue weighted by atomic mass is 10.00. The topological polar surface area (TPSA) is 55.5 Å². The van der Waals surface area contributed by atoms with Gasteiger partial charge in [-0.1, -0.05) is 28.1 Å². The molecule has 2 aromatic rings. The Morgan fingerprint density at radius 1 is 1.10 bits per heavy atom. The van der Waals surface area contributed by atoms with Crippen molar-refractivity contribution in [3.8, 4) is 5.75 Å². The van der Waals surface area contributed by atoms with Crippen LogP contribution in [-0.4, -0.2) is 11.2 Å². The normalized spacial score (nSPS) is 12.4. The number of rotatable bonds is 4. The molecule has 3 nitrogen and oxygen atoms in total. The maximum absolute atomic E-state index is 10.4. The van der Waals surface area contributed by atoms with Crippen molar-refractivity contribution in [3.05, 3.63) is 58.1 Å². The van der Waals surface area contributed by atoms with E-state index in [-0.39, 0.29) is 6.10 Å². The number of aliphatic hydroxyl groups is 1. The van der Waals surface area contributed by atoms with Crippen molar-refractivity contribution in [2.24, 2.45) is 0 Å². The van der Waals surface area contributed by atoms with Gasteiger partial charge in [-0.3, -0.25) is 0 Å². The van der Waals surface area contributed by atoms with Gasteiger partial charge in [0.25, 0.3) is 0 Å². The molecule has 0 saturated heterocycles. The average molecular weight is 336 g/mol. The highest BCUT2D eigenvalue weighted by Crippen LogP contribution is 2.30. The number of hydrogen-bond donors (Lipinski definition) is 2. The van der Waals surface area contributed by atoms with Gasteiger partial charge >= 0.3 is 0 Å². The van der Waals surface area contributed by atoms with E-state index in [4.69, 9.17) is 10.5 Å². The summed E-state index contributed by atoms with van der Waals surface area (Å²) >= 11 is 3.39. The van der Waals surface area contributed by atoms with Gasteiger partial charge in [0.15, 0.2) is 0 Å². The van der Waals surface area contributed by atoms with E-state index in [9.17, 15) is 5.11 Å². The van der Waals surface area contributed by atoms with Crippen LogP contribution in [0.15, 0.2) is 46.9 Å². The number of halogens is 1. The van der Waals surface area contributed by atoms with Crippen molar-refractivity contribution in [1.82, 2.24) is 0 Å². The van der Waals surface area contributed by atoms with E-state index in [2.05, 4.69) is 15.9 Å². The van der Waals surface area contributed by atoms with Gasteiger partial charge < -0.3 is 15.6 Å². The van der Waals surface area contributed by atoms with Crippen LogP contribution in [0.4, 0.5) is 5.69 Å². The SMILES string of the molecule is CC(C)Oc1ccc(C(O)c2cc(Br)ccc2N)cc1. The Morgan fingerprint density at radius 2 is 1.75 bits per heavy atom. The zero-order chi connectivity index (χ0) is 14.7. The largest absolute Gasteiger partial charge is 0.491 e. The van der Waals surface area contributed by atoms with E-state index >= 15 is 0 Å². The Labute approximate surface area is 127 Å². The Hall–Kier alpha value is -1.52. The third kappa shape index (κ3) is 3.52. The average Bonchev–Trinajstić information content (AvgIpc) is 2.41. The molecule has 0 fully saturated rings. The molecule has 0 aliphatic heterocycles. The predicted molar refractivity (Wildman–Crippen MR) is 84.8 cm³/mol. The summed E-state index contributed by atoms with van der Waals surface area (Å²) in [5, 5.41) is 10.4. The van der Waals surface area contributed by atoms with Crippen molar-refractivity contribution in [1.29, 1.82) is 0 Å². The minimum Gasteiger partial charge on any atom is -0.491 e. The van der Waals surface area contributed by atoms with Gasteiger partial charge in [-0.15, -0.1) is 0 Å². The molecule has 0 aromatic heterocycles. The Balaban J connectivity index is 2.24. The first-order valence-electron chi connectivity index (χ1n) is 6.47. The Bertz CT molecular complexity index is 582. The van der Waals surface area contributed by atoms with Crippen LogP contribution in [0.3, 0.4) is 0 Å². The third-order valence-electron chi connectivity index (χ3n) is 2.91. The second-order valence-electron chi connectivity index (χ2n) is 4.91. The van der Waals surface area contributed by atoms with Gasteiger partial charge in [-0.25, -0.2) is 0 Å². The summed E-state index contributed by atoms with van der Waals surface area (Å²) < 4.78 is 6.47. The standard InChI is InChI=1S/C16H18BrNO2/c1-10(2)20-13-6-3-11(4-7-13)16(19)14-9-12(17)5-8-15(14)18/h3-10,16,19H,18H2,1-2H3. The molecular weight excluding hydrogens is 318 g/mol. The fourth-order valence-corrected chi connectivity index (χ4v) is 2.34. The molecule has 1 unspecified atom stereocenters. The number of nitrogen functional groups attached to an aromatic ring is 1. The van der Waals surface area contributed by atoms with Crippen LogP contribution >= 0.6 is 15.9 Å². The number of anilines is 1. The smallest absolute Gasteiger partial charge is 0.119 e. The van der Waals surface area contributed by atoms with Crippen molar-refractivity contribution in [2.75, 3.05) is 5.73 Å². The second-order valence-corrected chi connectivity index (χ2v) is 5.83. The van der Waals surface area contributed by atoms with Crippen LogP contribution in [0.2, 0.25) is 0 Å². The highest BCUT2D eigenvalue weighted by molar-refractivity contribution is 9.10. The van der Waals surface area contributed by atoms with Crippen LogP contribution in [0.1, 0.15) is 31.1 Å². The molecule has 0 aliphatic carbocycles. The minimum absolute atomic E-state index is 0.131. The number of ether oxygens (including phenoxy) is 1. The third-order valence-corrected chi connectivity index (χ3v) is 3.40. The van der Waals surface area contributed by atoms with Crippen LogP contribution in [0.5, 0.6) is 5.75 Å². The monoisotopic (exact) mass is 335 g/mol. The van der Waals surface area contributed by atoms with Crippen LogP contribution in [0, 0.1) is 0 Å². The van der Waals surface area contributed by atoms with Gasteiger partial charge in [0, 0.05) is 15.7 Å². The summed E-state index contributed by atoms with van der Waals surface area (Å²) in [5.41, 5.74) is 7.97. The lowest BCUT2D eigenvalue weighted by Crippen LogP contribution is -2.06. The molecule has 0 spiro atoms. The molecule has 0 aliphatic rings. The molecular formula is C16H18BrNO2. The maximum Gasteiger partial charge on any atom is 0.119 e. The van der Waals surface area contributed by atoms with E-state index in [0.717, 1.165) is 15.8 Å². The first-order chi connectivity index (χ1) is 9.47. The summed E-state index contributed by atoms with van der Waals surface area (Å²) in [6.07, 6.45) is -0.618. The molecule has 4 heteroatoms. The van der Waals surface area contributed by atoms with E-state index in [1.165, 1.54) is 0 Å². The molecule has 20 heavy (non-hydrogen) atoms. The van der Waals surface area contributed by atoms with Crippen molar-refractivity contribution < 1.29 is 9.84 Å². The van der Waals surface area contributed by atoms with E-state index in [1.54, 1.807) is 6.07 Å². The van der Waals surface area contributed by atoms with Gasteiger partial charge in [-0.2, -0.15) is 0 Å². The summed E-state index contributed by atoms with van der Waals surface area (Å²) in [5.74, 6) is 0.790. The van der Waals surface area contributed by atoms with Gasteiger partial charge in [-0.05, 0) is 49.7 Å². The van der Waals surface area contributed by atoms with E-state index in [1.807, 2.05) is 50.2 Å². The fraction of sp³-hybridized carbons (Fsp3) is 0.250. The van der Waals surface area contributed by atoms with E-state index in [0.29, 0.717) is 11.3 Å². The Kier molecular flexibility index (Phi) is 4.68. The molecule has 1 atom stereocenters. The maximum atomic E-state index is 10.4. The lowest BCUT2D eigenvalue weighted by Gasteiger charge is -2.15. The molecule has 3 N–H and O–H groups in total. The highest BCUT2D eigenvalue weighted by Gasteiger charge is 2.14. The van der Waals surface area contributed by atoms with Crippen LogP contribution in [0.25, 0.3) is 0 Å². The molecule has 2 aromatic carbocycles. The Morgan fingerprint density at radius 3 is 2.35 bits per heavy atom. The zero-order valence-corrected chi connectivity index (χ0v) is 13.1. The first kappa shape index (κ1) is 14.9. The lowest BCUT2D eigenvalue weighted by molar-refractivity contribution is 0.220. The molecule has 0 bridgehead atoms. The highest BCUT2D eigenvalue weighted by atomic mass is 79.9. The minimum atomic E-state index is -0.749. The molecule has 2 rings (SSSR count). The van der Waals surface area contributed by atoms with E-state index < -0.39 is 6.10 Å². The second kappa shape index (κ2) is 6.29.